The lowest BCUT2D eigenvalue weighted by atomic mass is 9.65. The van der Waals surface area contributed by atoms with Crippen molar-refractivity contribution < 1.29 is 0 Å². The van der Waals surface area contributed by atoms with Gasteiger partial charge in [-0.2, -0.15) is 0 Å². The Labute approximate surface area is 226 Å². The number of rotatable bonds is 3. The van der Waals surface area contributed by atoms with E-state index in [0.717, 1.165) is 32.6 Å². The fraction of sp³-hybridized carbons (Fsp3) is 0.278. The number of fused-ring (bicyclic) bond motifs is 5. The lowest BCUT2D eigenvalue weighted by Gasteiger charge is -2.40. The maximum Gasteiger partial charge on any atom is 0.0370 e. The normalized spacial score (nSPS) is 19.1. The summed E-state index contributed by atoms with van der Waals surface area (Å²) in [7, 11) is 0. The van der Waals surface area contributed by atoms with Gasteiger partial charge < -0.3 is 9.80 Å². The molecule has 2 aliphatic rings. The van der Waals surface area contributed by atoms with Gasteiger partial charge in [0, 0.05) is 37.6 Å². The van der Waals surface area contributed by atoms with E-state index in [4.69, 9.17) is 0 Å². The number of anilines is 2. The molecule has 0 N–H and O–H groups in total. The van der Waals surface area contributed by atoms with E-state index in [9.17, 15) is 0 Å². The highest BCUT2D eigenvalue weighted by Crippen LogP contribution is 2.47. The van der Waals surface area contributed by atoms with Crippen LogP contribution in [-0.2, 0) is 11.8 Å². The molecule has 0 bridgehead atoms. The van der Waals surface area contributed by atoms with Crippen molar-refractivity contribution in [3.8, 4) is 0 Å². The number of piperazine rings is 1. The highest BCUT2D eigenvalue weighted by molar-refractivity contribution is 6.09. The molecule has 38 heavy (non-hydrogen) atoms. The van der Waals surface area contributed by atoms with Crippen LogP contribution < -0.4 is 9.80 Å². The average Bonchev–Trinajstić information content (AvgIpc) is 2.97. The molecule has 2 nitrogen and oxygen atoms in total. The van der Waals surface area contributed by atoms with E-state index in [2.05, 4.69) is 127 Å². The Bertz CT molecular complexity index is 1610. The molecule has 2 heteroatoms. The van der Waals surface area contributed by atoms with E-state index in [-0.39, 0.29) is 5.41 Å². The molecule has 7 rings (SSSR count). The Kier molecular flexibility index (Phi) is 5.65. The minimum absolute atomic E-state index is 0.123. The van der Waals surface area contributed by atoms with Crippen molar-refractivity contribution in [3.63, 3.8) is 0 Å². The summed E-state index contributed by atoms with van der Waals surface area (Å²) >= 11 is 0. The molecule has 190 valence electrons. The summed E-state index contributed by atoms with van der Waals surface area (Å²) in [6.07, 6.45) is 2.30. The second-order valence-electron chi connectivity index (χ2n) is 11.9. The highest BCUT2D eigenvalue weighted by Gasteiger charge is 2.35. The van der Waals surface area contributed by atoms with Gasteiger partial charge in [0.2, 0.25) is 0 Å². The topological polar surface area (TPSA) is 6.48 Å². The quantitative estimate of drug-likeness (QED) is 0.232. The summed E-state index contributed by atoms with van der Waals surface area (Å²) in [5, 5.41) is 5.53. The minimum atomic E-state index is 0.123. The van der Waals surface area contributed by atoms with Crippen LogP contribution in [0.5, 0.6) is 0 Å². The summed E-state index contributed by atoms with van der Waals surface area (Å²) in [4.78, 5) is 5.08. The standard InChI is InChI=1S/C36H36N2/c1-36(2)25-29(23-28-16-17-33-32-14-7-6-9-26(32)15-18-34(33)35(28)36)27-10-8-13-31(24-27)38-21-19-37(20-22-38)30-11-4-3-5-12-30/h3-18,24,29H,19-23,25H2,1-2H3. The van der Waals surface area contributed by atoms with Gasteiger partial charge in [-0.15, -0.1) is 0 Å². The predicted molar refractivity (Wildman–Crippen MR) is 163 cm³/mol. The molecule has 1 aliphatic heterocycles. The van der Waals surface area contributed by atoms with Gasteiger partial charge in [-0.1, -0.05) is 92.7 Å². The second-order valence-corrected chi connectivity index (χ2v) is 11.9. The Morgan fingerprint density at radius 2 is 1.29 bits per heavy atom. The first kappa shape index (κ1) is 23.3. The molecule has 0 aromatic heterocycles. The lowest BCUT2D eigenvalue weighted by Crippen LogP contribution is -2.46. The van der Waals surface area contributed by atoms with Crippen LogP contribution >= 0.6 is 0 Å². The van der Waals surface area contributed by atoms with Gasteiger partial charge in [-0.25, -0.2) is 0 Å². The number of nitrogens with zero attached hydrogens (tertiary/aromatic N) is 2. The first-order valence-electron chi connectivity index (χ1n) is 14.2. The smallest absolute Gasteiger partial charge is 0.0370 e. The third-order valence-electron chi connectivity index (χ3n) is 9.02. The maximum absolute atomic E-state index is 2.57. The fourth-order valence-electron chi connectivity index (χ4n) is 7.23. The summed E-state index contributed by atoms with van der Waals surface area (Å²) in [6, 6.07) is 38.5. The van der Waals surface area contributed by atoms with E-state index < -0.39 is 0 Å². The van der Waals surface area contributed by atoms with Gasteiger partial charge in [0.15, 0.2) is 0 Å². The molecule has 0 saturated carbocycles. The molecule has 1 atom stereocenters. The van der Waals surface area contributed by atoms with Crippen LogP contribution in [0.2, 0.25) is 0 Å². The van der Waals surface area contributed by atoms with Crippen LogP contribution in [0.15, 0.2) is 103 Å². The van der Waals surface area contributed by atoms with Gasteiger partial charge in [-0.05, 0) is 86.7 Å². The zero-order valence-electron chi connectivity index (χ0n) is 22.5. The van der Waals surface area contributed by atoms with E-state index in [1.54, 1.807) is 5.56 Å². The van der Waals surface area contributed by atoms with Gasteiger partial charge in [0.05, 0.1) is 0 Å². The molecule has 1 fully saturated rings. The predicted octanol–water partition coefficient (Wildman–Crippen LogP) is 8.33. The molecule has 1 heterocycles. The Morgan fingerprint density at radius 3 is 2.11 bits per heavy atom. The number of hydrogen-bond donors (Lipinski definition) is 0. The first-order valence-corrected chi connectivity index (χ1v) is 14.2. The van der Waals surface area contributed by atoms with Gasteiger partial charge in [0.1, 0.15) is 0 Å². The van der Waals surface area contributed by atoms with Crippen molar-refractivity contribution in [2.75, 3.05) is 36.0 Å². The number of hydrogen-bond acceptors (Lipinski definition) is 2. The van der Waals surface area contributed by atoms with Gasteiger partial charge in [0.25, 0.3) is 0 Å². The monoisotopic (exact) mass is 496 g/mol. The number of benzene rings is 5. The number of para-hydroxylation sites is 1. The molecular weight excluding hydrogens is 460 g/mol. The third kappa shape index (κ3) is 4.04. The van der Waals surface area contributed by atoms with Crippen molar-refractivity contribution in [2.24, 2.45) is 0 Å². The second kappa shape index (κ2) is 9.20. The van der Waals surface area contributed by atoms with E-state index in [1.165, 1.54) is 50.5 Å². The Morgan fingerprint density at radius 1 is 0.605 bits per heavy atom. The summed E-state index contributed by atoms with van der Waals surface area (Å²) in [5.41, 5.74) is 7.41. The van der Waals surface area contributed by atoms with Gasteiger partial charge >= 0.3 is 0 Å². The van der Waals surface area contributed by atoms with E-state index >= 15 is 0 Å². The summed E-state index contributed by atoms with van der Waals surface area (Å²) in [5.74, 6) is 0.543. The summed E-state index contributed by atoms with van der Waals surface area (Å²) < 4.78 is 0. The minimum Gasteiger partial charge on any atom is -0.368 e. The lowest BCUT2D eigenvalue weighted by molar-refractivity contribution is 0.395. The average molecular weight is 497 g/mol. The SMILES string of the molecule is CC1(C)CC(c2cccc(N3CCN(c4ccccc4)CC3)c2)Cc2ccc3c(ccc4ccccc43)c21. The summed E-state index contributed by atoms with van der Waals surface area (Å²) in [6.45, 7) is 9.19. The fourth-order valence-corrected chi connectivity index (χ4v) is 7.23. The van der Waals surface area contributed by atoms with Crippen LogP contribution in [0.3, 0.4) is 0 Å². The van der Waals surface area contributed by atoms with Crippen molar-refractivity contribution in [3.05, 3.63) is 120 Å². The molecule has 5 aromatic rings. The van der Waals surface area contributed by atoms with Crippen LogP contribution in [-0.4, -0.2) is 26.2 Å². The Balaban J connectivity index is 1.16. The largest absolute Gasteiger partial charge is 0.368 e. The van der Waals surface area contributed by atoms with Crippen molar-refractivity contribution >= 4 is 32.9 Å². The zero-order valence-corrected chi connectivity index (χ0v) is 22.5. The van der Waals surface area contributed by atoms with Gasteiger partial charge in [-0.3, -0.25) is 0 Å². The van der Waals surface area contributed by atoms with Crippen molar-refractivity contribution in [1.82, 2.24) is 0 Å². The third-order valence-corrected chi connectivity index (χ3v) is 9.02. The molecule has 1 saturated heterocycles. The van der Waals surface area contributed by atoms with Crippen molar-refractivity contribution in [2.45, 2.75) is 38.0 Å². The first-order chi connectivity index (χ1) is 18.6. The van der Waals surface area contributed by atoms with Crippen LogP contribution in [0.4, 0.5) is 11.4 Å². The molecular formula is C36H36N2. The molecule has 5 aromatic carbocycles. The Hall–Kier alpha value is -3.78. The van der Waals surface area contributed by atoms with Crippen molar-refractivity contribution in [1.29, 1.82) is 0 Å². The molecule has 1 unspecified atom stereocenters. The van der Waals surface area contributed by atoms with E-state index in [1.807, 2.05) is 0 Å². The molecule has 0 spiro atoms. The van der Waals surface area contributed by atoms with E-state index in [0.29, 0.717) is 5.92 Å². The zero-order chi connectivity index (χ0) is 25.7. The molecule has 0 radical (unpaired) electrons. The maximum atomic E-state index is 2.57. The molecule has 1 aliphatic carbocycles. The van der Waals surface area contributed by atoms with Crippen LogP contribution in [0, 0.1) is 0 Å². The van der Waals surface area contributed by atoms with Crippen LogP contribution in [0.1, 0.15) is 42.9 Å². The van der Waals surface area contributed by atoms with Crippen LogP contribution in [0.25, 0.3) is 21.5 Å². The molecule has 0 amide bonds. The highest BCUT2D eigenvalue weighted by atomic mass is 15.3.